The fourth-order valence-corrected chi connectivity index (χ4v) is 3.09. The molecule has 0 aromatic heterocycles. The van der Waals surface area contributed by atoms with Crippen molar-refractivity contribution in [3.63, 3.8) is 0 Å². The molecule has 2 fully saturated rings. The second-order valence-electron chi connectivity index (χ2n) is 4.16. The lowest BCUT2D eigenvalue weighted by molar-refractivity contribution is 0.0305. The van der Waals surface area contributed by atoms with Crippen molar-refractivity contribution in [3.8, 4) is 0 Å². The minimum atomic E-state index is -0.653. The van der Waals surface area contributed by atoms with E-state index in [1.807, 2.05) is 0 Å². The minimum absolute atomic E-state index is 0. The van der Waals surface area contributed by atoms with Crippen LogP contribution in [0.4, 0.5) is 4.79 Å². The molecule has 88 valence electrons. The highest BCUT2D eigenvalue weighted by molar-refractivity contribution is 6.61. The van der Waals surface area contributed by atoms with E-state index in [0.29, 0.717) is 12.1 Å². The van der Waals surface area contributed by atoms with Crippen molar-refractivity contribution in [1.82, 2.24) is 4.90 Å². The summed E-state index contributed by atoms with van der Waals surface area (Å²) in [7, 11) is 0. The number of hydrogen-bond acceptors (Lipinski definition) is 3. The number of halogens is 2. The molecular formula is C10H17Cl2NO2. The van der Waals surface area contributed by atoms with Crippen molar-refractivity contribution < 1.29 is 9.53 Å². The molecule has 3 nitrogen and oxygen atoms in total. The lowest BCUT2D eigenvalue weighted by Crippen LogP contribution is -2.45. The van der Waals surface area contributed by atoms with Crippen molar-refractivity contribution in [2.75, 3.05) is 6.54 Å². The Hall–Kier alpha value is 0.01000. The van der Waals surface area contributed by atoms with Crippen molar-refractivity contribution in [2.45, 2.75) is 50.8 Å². The SMILES string of the molecule is CCN1[C@@H]2CC[C@H]1CC(OC(=O)Cl)C2.Cl. The van der Waals surface area contributed by atoms with Crippen LogP contribution in [0.1, 0.15) is 32.6 Å². The Morgan fingerprint density at radius 3 is 2.33 bits per heavy atom. The predicted octanol–water partition coefficient (Wildman–Crippen LogP) is 2.80. The Morgan fingerprint density at radius 2 is 1.93 bits per heavy atom. The van der Waals surface area contributed by atoms with Gasteiger partial charge in [-0.25, -0.2) is 4.79 Å². The normalized spacial score (nSPS) is 34.7. The molecule has 5 heteroatoms. The van der Waals surface area contributed by atoms with Gasteiger partial charge < -0.3 is 4.74 Å². The van der Waals surface area contributed by atoms with Crippen LogP contribution in [0.25, 0.3) is 0 Å². The fraction of sp³-hybridized carbons (Fsp3) is 0.900. The van der Waals surface area contributed by atoms with Gasteiger partial charge in [0.15, 0.2) is 0 Å². The zero-order chi connectivity index (χ0) is 10.1. The van der Waals surface area contributed by atoms with Crippen molar-refractivity contribution in [3.05, 3.63) is 0 Å². The van der Waals surface area contributed by atoms with Crippen LogP contribution in [0.3, 0.4) is 0 Å². The van der Waals surface area contributed by atoms with Crippen LogP contribution in [0, 0.1) is 0 Å². The molecule has 2 saturated heterocycles. The molecule has 2 aliphatic rings. The van der Waals surface area contributed by atoms with Crippen LogP contribution in [-0.4, -0.2) is 35.1 Å². The molecule has 15 heavy (non-hydrogen) atoms. The molecule has 2 bridgehead atoms. The summed E-state index contributed by atoms with van der Waals surface area (Å²) in [5.74, 6) is 0. The summed E-state index contributed by atoms with van der Waals surface area (Å²) in [5, 5.41) is 0. The monoisotopic (exact) mass is 253 g/mol. The average Bonchev–Trinajstić information content (AvgIpc) is 2.36. The van der Waals surface area contributed by atoms with Crippen LogP contribution in [0.2, 0.25) is 0 Å². The summed E-state index contributed by atoms with van der Waals surface area (Å²) in [6, 6.07) is 1.22. The summed E-state index contributed by atoms with van der Waals surface area (Å²) >= 11 is 5.22. The maximum Gasteiger partial charge on any atom is 0.404 e. The molecule has 0 aliphatic carbocycles. The Balaban J connectivity index is 0.00000112. The van der Waals surface area contributed by atoms with Gasteiger partial charge in [0.05, 0.1) is 0 Å². The largest absolute Gasteiger partial charge is 0.450 e. The molecule has 0 spiro atoms. The third-order valence-electron chi connectivity index (χ3n) is 3.47. The molecule has 0 radical (unpaired) electrons. The Bertz CT molecular complexity index is 223. The molecular weight excluding hydrogens is 237 g/mol. The van der Waals surface area contributed by atoms with Gasteiger partial charge >= 0.3 is 5.43 Å². The van der Waals surface area contributed by atoms with Gasteiger partial charge in [0.25, 0.3) is 0 Å². The highest BCUT2D eigenvalue weighted by Gasteiger charge is 2.40. The van der Waals surface area contributed by atoms with Gasteiger partial charge in [-0.15, -0.1) is 12.4 Å². The van der Waals surface area contributed by atoms with Crippen LogP contribution < -0.4 is 0 Å². The van der Waals surface area contributed by atoms with Gasteiger partial charge in [0.2, 0.25) is 0 Å². The molecule has 2 aliphatic heterocycles. The van der Waals surface area contributed by atoms with Crippen LogP contribution in [0.5, 0.6) is 0 Å². The van der Waals surface area contributed by atoms with Gasteiger partial charge in [-0.1, -0.05) is 6.92 Å². The summed E-state index contributed by atoms with van der Waals surface area (Å²) in [4.78, 5) is 13.2. The van der Waals surface area contributed by atoms with E-state index >= 15 is 0 Å². The first-order valence-corrected chi connectivity index (χ1v) is 5.70. The van der Waals surface area contributed by atoms with Gasteiger partial charge in [-0.3, -0.25) is 4.90 Å². The van der Waals surface area contributed by atoms with E-state index in [1.165, 1.54) is 12.8 Å². The van der Waals surface area contributed by atoms with E-state index in [0.717, 1.165) is 19.4 Å². The number of ether oxygens (including phenoxy) is 1. The number of nitrogens with zero attached hydrogens (tertiary/aromatic N) is 1. The van der Waals surface area contributed by atoms with Gasteiger partial charge in [0.1, 0.15) is 6.10 Å². The molecule has 3 atom stereocenters. The van der Waals surface area contributed by atoms with E-state index in [1.54, 1.807) is 0 Å². The topological polar surface area (TPSA) is 29.5 Å². The number of fused-ring (bicyclic) bond motifs is 2. The number of carbonyl (C=O) groups excluding carboxylic acids is 1. The van der Waals surface area contributed by atoms with E-state index in [2.05, 4.69) is 11.8 Å². The molecule has 2 rings (SSSR count). The molecule has 0 amide bonds. The van der Waals surface area contributed by atoms with Crippen molar-refractivity contribution in [2.24, 2.45) is 0 Å². The number of rotatable bonds is 2. The summed E-state index contributed by atoms with van der Waals surface area (Å²) < 4.78 is 5.06. The Labute approximate surface area is 102 Å². The summed E-state index contributed by atoms with van der Waals surface area (Å²) in [5.41, 5.74) is -0.653. The fourth-order valence-electron chi connectivity index (χ4n) is 2.97. The van der Waals surface area contributed by atoms with Crippen LogP contribution >= 0.6 is 24.0 Å². The van der Waals surface area contributed by atoms with Gasteiger partial charge in [-0.2, -0.15) is 0 Å². The predicted molar refractivity (Wildman–Crippen MR) is 61.8 cm³/mol. The second-order valence-corrected chi connectivity index (χ2v) is 4.47. The molecule has 2 heterocycles. The van der Waals surface area contributed by atoms with Crippen LogP contribution in [-0.2, 0) is 4.74 Å². The van der Waals surface area contributed by atoms with E-state index < -0.39 is 5.43 Å². The zero-order valence-corrected chi connectivity index (χ0v) is 10.4. The second kappa shape index (κ2) is 5.37. The highest BCUT2D eigenvalue weighted by atomic mass is 35.5. The van der Waals surface area contributed by atoms with E-state index in [4.69, 9.17) is 16.3 Å². The minimum Gasteiger partial charge on any atom is -0.450 e. The van der Waals surface area contributed by atoms with Gasteiger partial charge in [-0.05, 0) is 19.4 Å². The third-order valence-corrected chi connectivity index (χ3v) is 3.55. The van der Waals surface area contributed by atoms with Gasteiger partial charge in [0, 0.05) is 36.5 Å². The maximum absolute atomic E-state index is 10.6. The first-order valence-electron chi connectivity index (χ1n) is 5.32. The van der Waals surface area contributed by atoms with Crippen molar-refractivity contribution >= 4 is 29.4 Å². The number of hydrogen-bond donors (Lipinski definition) is 0. The molecule has 0 aromatic rings. The first kappa shape index (κ1) is 13.1. The van der Waals surface area contributed by atoms with E-state index in [-0.39, 0.29) is 18.5 Å². The summed E-state index contributed by atoms with van der Waals surface area (Å²) in [6.07, 6.45) is 4.47. The van der Waals surface area contributed by atoms with Crippen molar-refractivity contribution in [1.29, 1.82) is 0 Å². The lowest BCUT2D eigenvalue weighted by Gasteiger charge is -2.37. The Morgan fingerprint density at radius 1 is 1.40 bits per heavy atom. The average molecular weight is 254 g/mol. The highest BCUT2D eigenvalue weighted by Crippen LogP contribution is 2.36. The lowest BCUT2D eigenvalue weighted by atomic mass is 10.00. The van der Waals surface area contributed by atoms with E-state index in [9.17, 15) is 4.79 Å². The smallest absolute Gasteiger partial charge is 0.404 e. The molecule has 0 saturated carbocycles. The van der Waals surface area contributed by atoms with Crippen LogP contribution in [0.15, 0.2) is 0 Å². The standard InChI is InChI=1S/C10H16ClNO2.ClH/c1-2-12-7-3-4-8(12)6-9(5-7)14-10(11)13;/h7-9H,2-6H2,1H3;1H/t7-,8+,9?;. The maximum atomic E-state index is 10.6. The zero-order valence-electron chi connectivity index (χ0n) is 8.82. The summed E-state index contributed by atoms with van der Waals surface area (Å²) in [6.45, 7) is 3.30. The molecule has 1 unspecified atom stereocenters. The quantitative estimate of drug-likeness (QED) is 0.709. The number of carbonyl (C=O) groups is 1. The molecule has 0 N–H and O–H groups in total. The Kier molecular flexibility index (Phi) is 4.68. The number of piperidine rings is 1. The first-order chi connectivity index (χ1) is 6.70. The third kappa shape index (κ3) is 2.77. The molecule has 0 aromatic carbocycles.